The van der Waals surface area contributed by atoms with Gasteiger partial charge in [-0.25, -0.2) is 14.3 Å². The fourth-order valence-electron chi connectivity index (χ4n) is 5.44. The first-order chi connectivity index (χ1) is 17.7. The number of anilines is 1. The van der Waals surface area contributed by atoms with E-state index in [9.17, 15) is 4.79 Å². The van der Waals surface area contributed by atoms with Crippen LogP contribution in [0.2, 0.25) is 0 Å². The molecule has 1 N–H and O–H groups in total. The van der Waals surface area contributed by atoms with Crippen LogP contribution < -0.4 is 10.6 Å². The van der Waals surface area contributed by atoms with Gasteiger partial charge < -0.3 is 19.4 Å². The van der Waals surface area contributed by atoms with Crippen LogP contribution in [0.25, 0.3) is 27.2 Å². The number of benzene rings is 1. The molecule has 3 aliphatic heterocycles. The van der Waals surface area contributed by atoms with Gasteiger partial charge in [0.15, 0.2) is 5.82 Å². The lowest BCUT2D eigenvalue weighted by atomic mass is 10.1. The SMILES string of the molecule is O=c1[nH]c2ccccc2n1-c1nc(N2CCOCC2)c2sc(CN3CC(N4CCOCC4)C3)cc2n1. The van der Waals surface area contributed by atoms with Gasteiger partial charge in [0, 0.05) is 56.7 Å². The van der Waals surface area contributed by atoms with E-state index in [1.807, 2.05) is 24.3 Å². The Kier molecular flexibility index (Phi) is 5.74. The predicted molar refractivity (Wildman–Crippen MR) is 139 cm³/mol. The minimum absolute atomic E-state index is 0.228. The molecule has 36 heavy (non-hydrogen) atoms. The minimum Gasteiger partial charge on any atom is -0.379 e. The van der Waals surface area contributed by atoms with Gasteiger partial charge in [-0.05, 0) is 18.2 Å². The Morgan fingerprint density at radius 2 is 1.75 bits per heavy atom. The summed E-state index contributed by atoms with van der Waals surface area (Å²) >= 11 is 1.77. The average molecular weight is 508 g/mol. The van der Waals surface area contributed by atoms with Crippen LogP contribution in [0.5, 0.6) is 0 Å². The van der Waals surface area contributed by atoms with E-state index in [1.165, 1.54) is 4.88 Å². The quantitative estimate of drug-likeness (QED) is 0.436. The minimum atomic E-state index is -0.228. The van der Waals surface area contributed by atoms with Crippen LogP contribution in [0, 0.1) is 0 Å². The number of nitrogens with zero attached hydrogens (tertiary/aromatic N) is 6. The highest BCUT2D eigenvalue weighted by Crippen LogP contribution is 2.34. The monoisotopic (exact) mass is 507 g/mol. The fraction of sp³-hybridized carbons (Fsp3) is 0.480. The molecule has 0 bridgehead atoms. The zero-order valence-corrected chi connectivity index (χ0v) is 20.9. The molecule has 10 nitrogen and oxygen atoms in total. The number of nitrogens with one attached hydrogen (secondary N) is 1. The van der Waals surface area contributed by atoms with Crippen LogP contribution in [0.3, 0.4) is 0 Å². The molecule has 3 saturated heterocycles. The first-order valence-corrected chi connectivity index (χ1v) is 13.4. The van der Waals surface area contributed by atoms with Gasteiger partial charge in [-0.3, -0.25) is 9.80 Å². The second-order valence-electron chi connectivity index (χ2n) is 9.65. The van der Waals surface area contributed by atoms with E-state index in [0.717, 1.165) is 86.1 Å². The third-order valence-electron chi connectivity index (χ3n) is 7.37. The summed E-state index contributed by atoms with van der Waals surface area (Å²) in [6, 6.07) is 10.5. The largest absolute Gasteiger partial charge is 0.379 e. The van der Waals surface area contributed by atoms with Crippen molar-refractivity contribution < 1.29 is 9.47 Å². The van der Waals surface area contributed by atoms with Gasteiger partial charge in [0.1, 0.15) is 0 Å². The highest BCUT2D eigenvalue weighted by molar-refractivity contribution is 7.19. The van der Waals surface area contributed by atoms with Crippen molar-refractivity contribution in [3.8, 4) is 5.95 Å². The maximum Gasteiger partial charge on any atom is 0.333 e. The van der Waals surface area contributed by atoms with Crippen molar-refractivity contribution in [1.82, 2.24) is 29.3 Å². The molecule has 0 unspecified atom stereocenters. The maximum absolute atomic E-state index is 12.9. The van der Waals surface area contributed by atoms with Crippen LogP contribution in [0.4, 0.5) is 5.82 Å². The molecule has 4 aromatic rings. The topological polar surface area (TPSA) is 91.8 Å². The van der Waals surface area contributed by atoms with Crippen LogP contribution >= 0.6 is 11.3 Å². The summed E-state index contributed by atoms with van der Waals surface area (Å²) in [5.41, 5.74) is 2.22. The number of aromatic nitrogens is 4. The zero-order chi connectivity index (χ0) is 24.1. The van der Waals surface area contributed by atoms with E-state index in [2.05, 4.69) is 25.8 Å². The van der Waals surface area contributed by atoms with Gasteiger partial charge in [-0.2, -0.15) is 4.98 Å². The van der Waals surface area contributed by atoms with Gasteiger partial charge >= 0.3 is 5.69 Å². The number of para-hydroxylation sites is 2. The summed E-state index contributed by atoms with van der Waals surface area (Å²) in [5, 5.41) is 0. The summed E-state index contributed by atoms with van der Waals surface area (Å²) in [4.78, 5) is 34.3. The van der Waals surface area contributed by atoms with E-state index in [0.29, 0.717) is 25.2 Å². The van der Waals surface area contributed by atoms with Gasteiger partial charge in [-0.15, -0.1) is 11.3 Å². The standard InChI is InChI=1S/C25H29N7O3S/c33-25-27-19-3-1-2-4-21(19)32(25)24-26-20-13-18(16-29-14-17(15-29)30-5-9-34-10-6-30)36-22(20)23(28-24)31-7-11-35-12-8-31/h1-4,13,17H,5-12,14-16H2,(H,27,33). The second-order valence-corrected chi connectivity index (χ2v) is 10.8. The second kappa shape index (κ2) is 9.24. The fourth-order valence-corrected chi connectivity index (χ4v) is 6.59. The number of hydrogen-bond acceptors (Lipinski definition) is 9. The molecule has 6 heterocycles. The summed E-state index contributed by atoms with van der Waals surface area (Å²) in [6.45, 7) is 9.74. The molecule has 188 valence electrons. The Morgan fingerprint density at radius 3 is 2.56 bits per heavy atom. The van der Waals surface area contributed by atoms with E-state index >= 15 is 0 Å². The highest BCUT2D eigenvalue weighted by atomic mass is 32.1. The van der Waals surface area contributed by atoms with Crippen molar-refractivity contribution >= 4 is 38.4 Å². The number of morpholine rings is 2. The molecule has 7 rings (SSSR count). The van der Waals surface area contributed by atoms with Crippen molar-refractivity contribution in [1.29, 1.82) is 0 Å². The molecule has 0 radical (unpaired) electrons. The Balaban J connectivity index is 1.22. The highest BCUT2D eigenvalue weighted by Gasteiger charge is 2.33. The lowest BCUT2D eigenvalue weighted by molar-refractivity contribution is -0.0341. The first-order valence-electron chi connectivity index (χ1n) is 12.6. The van der Waals surface area contributed by atoms with Crippen LogP contribution in [0.15, 0.2) is 35.1 Å². The molecule has 0 aliphatic carbocycles. The van der Waals surface area contributed by atoms with E-state index in [1.54, 1.807) is 15.9 Å². The number of likely N-dealkylation sites (tertiary alicyclic amines) is 1. The number of thiophene rings is 1. The lowest BCUT2D eigenvalue weighted by Gasteiger charge is -2.46. The Labute approximate surface area is 212 Å². The van der Waals surface area contributed by atoms with E-state index in [4.69, 9.17) is 19.4 Å². The van der Waals surface area contributed by atoms with Gasteiger partial charge in [-0.1, -0.05) is 12.1 Å². The number of fused-ring (bicyclic) bond motifs is 2. The Hall–Kier alpha value is -2.83. The molecule has 0 spiro atoms. The summed E-state index contributed by atoms with van der Waals surface area (Å²) in [7, 11) is 0. The normalized spacial score (nSPS) is 20.4. The number of imidazole rings is 1. The van der Waals surface area contributed by atoms with Crippen molar-refractivity contribution in [3.63, 3.8) is 0 Å². The smallest absolute Gasteiger partial charge is 0.333 e. The molecule has 0 atom stereocenters. The average Bonchev–Trinajstić information content (AvgIpc) is 3.45. The van der Waals surface area contributed by atoms with Crippen molar-refractivity contribution in [2.24, 2.45) is 0 Å². The molecular formula is C25H29N7O3S. The van der Waals surface area contributed by atoms with Crippen LogP contribution in [0.1, 0.15) is 4.88 Å². The van der Waals surface area contributed by atoms with E-state index in [-0.39, 0.29) is 5.69 Å². The van der Waals surface area contributed by atoms with Gasteiger partial charge in [0.25, 0.3) is 0 Å². The lowest BCUT2D eigenvalue weighted by Crippen LogP contribution is -2.60. The number of rotatable bonds is 5. The number of hydrogen-bond donors (Lipinski definition) is 1. The Morgan fingerprint density at radius 1 is 1.00 bits per heavy atom. The molecular weight excluding hydrogens is 478 g/mol. The molecule has 3 aromatic heterocycles. The molecule has 1 aromatic carbocycles. The van der Waals surface area contributed by atoms with Gasteiger partial charge in [0.2, 0.25) is 5.95 Å². The number of ether oxygens (including phenoxy) is 2. The van der Waals surface area contributed by atoms with Crippen molar-refractivity contribution in [3.05, 3.63) is 45.7 Å². The molecule has 11 heteroatoms. The van der Waals surface area contributed by atoms with Crippen LogP contribution in [-0.2, 0) is 16.0 Å². The maximum atomic E-state index is 12.9. The van der Waals surface area contributed by atoms with Crippen molar-refractivity contribution in [2.75, 3.05) is 70.6 Å². The molecule has 3 fully saturated rings. The molecule has 3 aliphatic rings. The molecule has 0 saturated carbocycles. The third kappa shape index (κ3) is 4.00. The van der Waals surface area contributed by atoms with Gasteiger partial charge in [0.05, 0.1) is 47.7 Å². The summed E-state index contributed by atoms with van der Waals surface area (Å²) in [5.74, 6) is 1.30. The zero-order valence-electron chi connectivity index (χ0n) is 20.1. The predicted octanol–water partition coefficient (Wildman–Crippen LogP) is 1.68. The number of aromatic amines is 1. The Bertz CT molecular complexity index is 1450. The summed E-state index contributed by atoms with van der Waals surface area (Å²) in [6.07, 6.45) is 0. The van der Waals surface area contributed by atoms with Crippen LogP contribution in [-0.4, -0.2) is 101 Å². The first kappa shape index (κ1) is 22.4. The molecule has 0 amide bonds. The van der Waals surface area contributed by atoms with E-state index < -0.39 is 0 Å². The van der Waals surface area contributed by atoms with Crippen molar-refractivity contribution in [2.45, 2.75) is 12.6 Å². The number of H-pyrrole nitrogens is 1. The summed E-state index contributed by atoms with van der Waals surface area (Å²) < 4.78 is 13.8. The third-order valence-corrected chi connectivity index (χ3v) is 8.48.